The highest BCUT2D eigenvalue weighted by molar-refractivity contribution is 9.10. The first-order valence-corrected chi connectivity index (χ1v) is 8.41. The minimum Gasteiger partial charge on any atom is -0.207 e. The summed E-state index contributed by atoms with van der Waals surface area (Å²) in [6.07, 6.45) is 6.75. The number of benzene rings is 1. The molecule has 1 fully saturated rings. The number of hydrogen-bond donors (Lipinski definition) is 0. The van der Waals surface area contributed by atoms with Crippen molar-refractivity contribution in [3.05, 3.63) is 34.1 Å². The summed E-state index contributed by atoms with van der Waals surface area (Å²) in [4.78, 5) is 0. The molecule has 0 saturated heterocycles. The van der Waals surface area contributed by atoms with Crippen molar-refractivity contribution >= 4 is 27.5 Å². The second-order valence-electron chi connectivity index (χ2n) is 5.68. The lowest BCUT2D eigenvalue weighted by Gasteiger charge is -2.33. The highest BCUT2D eigenvalue weighted by Crippen LogP contribution is 2.37. The molecule has 0 radical (unpaired) electrons. The second-order valence-corrected chi connectivity index (χ2v) is 7.16. The van der Waals surface area contributed by atoms with Crippen molar-refractivity contribution < 1.29 is 4.39 Å². The predicted molar refractivity (Wildman–Crippen MR) is 83.2 cm³/mol. The van der Waals surface area contributed by atoms with E-state index in [1.54, 1.807) is 6.07 Å². The van der Waals surface area contributed by atoms with Crippen molar-refractivity contribution in [3.8, 4) is 0 Å². The molecule has 0 N–H and O–H groups in total. The zero-order valence-corrected chi connectivity index (χ0v) is 13.7. The lowest BCUT2D eigenvalue weighted by Crippen LogP contribution is -2.27. The van der Waals surface area contributed by atoms with Crippen LogP contribution in [0.3, 0.4) is 0 Å². The van der Waals surface area contributed by atoms with Gasteiger partial charge in [0.1, 0.15) is 5.82 Å². The zero-order valence-electron chi connectivity index (χ0n) is 11.3. The molecule has 1 saturated carbocycles. The highest BCUT2D eigenvalue weighted by Gasteiger charge is 2.29. The van der Waals surface area contributed by atoms with Gasteiger partial charge in [-0.15, -0.1) is 11.6 Å². The Labute approximate surface area is 128 Å². The van der Waals surface area contributed by atoms with Crippen molar-refractivity contribution in [1.29, 1.82) is 0 Å². The fourth-order valence-corrected chi connectivity index (χ4v) is 3.83. The van der Waals surface area contributed by atoms with Gasteiger partial charge in [0.25, 0.3) is 0 Å². The van der Waals surface area contributed by atoms with Crippen LogP contribution in [0.2, 0.25) is 0 Å². The first-order chi connectivity index (χ1) is 9.10. The topological polar surface area (TPSA) is 0 Å². The SMILES string of the molecule is CCCC1CCC(Cl)C(Cc2ccc(Br)cc2F)C1. The summed E-state index contributed by atoms with van der Waals surface area (Å²) in [7, 11) is 0. The third kappa shape index (κ3) is 4.19. The van der Waals surface area contributed by atoms with E-state index < -0.39 is 0 Å². The summed E-state index contributed by atoms with van der Waals surface area (Å²) in [5.41, 5.74) is 0.802. The van der Waals surface area contributed by atoms with E-state index >= 15 is 0 Å². The molecule has 1 aromatic carbocycles. The lowest BCUT2D eigenvalue weighted by molar-refractivity contribution is 0.256. The normalized spacial score (nSPS) is 27.5. The van der Waals surface area contributed by atoms with E-state index in [0.29, 0.717) is 5.92 Å². The Morgan fingerprint density at radius 1 is 1.37 bits per heavy atom. The molecule has 0 nitrogen and oxygen atoms in total. The number of hydrogen-bond acceptors (Lipinski definition) is 0. The molecule has 0 bridgehead atoms. The van der Waals surface area contributed by atoms with Crippen molar-refractivity contribution in [3.63, 3.8) is 0 Å². The van der Waals surface area contributed by atoms with Crippen LogP contribution in [-0.4, -0.2) is 5.38 Å². The average Bonchev–Trinajstić information content (AvgIpc) is 2.37. The quantitative estimate of drug-likeness (QED) is 0.590. The third-order valence-electron chi connectivity index (χ3n) is 4.19. The summed E-state index contributed by atoms with van der Waals surface area (Å²) in [6, 6.07) is 5.34. The molecule has 3 atom stereocenters. The fraction of sp³-hybridized carbons (Fsp3) is 0.625. The van der Waals surface area contributed by atoms with Crippen molar-refractivity contribution in [2.45, 2.75) is 50.8 Å². The van der Waals surface area contributed by atoms with E-state index in [0.717, 1.165) is 35.2 Å². The first-order valence-electron chi connectivity index (χ1n) is 7.18. The molecular formula is C16H21BrClF. The maximum absolute atomic E-state index is 13.9. The van der Waals surface area contributed by atoms with E-state index in [-0.39, 0.29) is 11.2 Å². The van der Waals surface area contributed by atoms with Crippen molar-refractivity contribution in [1.82, 2.24) is 0 Å². The van der Waals surface area contributed by atoms with Crippen LogP contribution in [0.25, 0.3) is 0 Å². The van der Waals surface area contributed by atoms with Crippen molar-refractivity contribution in [2.24, 2.45) is 11.8 Å². The summed E-state index contributed by atoms with van der Waals surface area (Å²) >= 11 is 9.75. The van der Waals surface area contributed by atoms with Gasteiger partial charge in [0, 0.05) is 9.85 Å². The molecule has 3 unspecified atom stereocenters. The van der Waals surface area contributed by atoms with E-state index in [1.165, 1.54) is 19.3 Å². The van der Waals surface area contributed by atoms with E-state index in [2.05, 4.69) is 22.9 Å². The number of alkyl halides is 1. The standard InChI is InChI=1S/C16H21BrClF/c1-2-3-11-4-7-15(18)13(8-11)9-12-5-6-14(17)10-16(12)19/h5-6,10-11,13,15H,2-4,7-9H2,1H3. The third-order valence-corrected chi connectivity index (χ3v) is 5.26. The molecule has 2 rings (SSSR count). The van der Waals surface area contributed by atoms with Crippen LogP contribution >= 0.6 is 27.5 Å². The van der Waals surface area contributed by atoms with Gasteiger partial charge in [-0.3, -0.25) is 0 Å². The molecule has 0 spiro atoms. The Kier molecular flexibility index (Phi) is 5.70. The predicted octanol–water partition coefficient (Wildman–Crippen LogP) is 5.95. The highest BCUT2D eigenvalue weighted by atomic mass is 79.9. The van der Waals surface area contributed by atoms with Crippen LogP contribution in [0, 0.1) is 17.7 Å². The molecule has 1 aliphatic carbocycles. The van der Waals surface area contributed by atoms with Crippen LogP contribution in [0.1, 0.15) is 44.6 Å². The van der Waals surface area contributed by atoms with Gasteiger partial charge in [-0.1, -0.05) is 41.8 Å². The summed E-state index contributed by atoms with van der Waals surface area (Å²) in [5, 5.41) is 0.205. The van der Waals surface area contributed by atoms with E-state index in [4.69, 9.17) is 11.6 Å². The van der Waals surface area contributed by atoms with Crippen LogP contribution in [-0.2, 0) is 6.42 Å². The Hall–Kier alpha value is -0.0800. The minimum atomic E-state index is -0.115. The Bertz CT molecular complexity index is 421. The summed E-state index contributed by atoms with van der Waals surface area (Å²) in [6.45, 7) is 2.23. The van der Waals surface area contributed by atoms with Crippen LogP contribution < -0.4 is 0 Å². The summed E-state index contributed by atoms with van der Waals surface area (Å²) in [5.74, 6) is 1.09. The molecule has 1 aromatic rings. The molecular weight excluding hydrogens is 327 g/mol. The van der Waals surface area contributed by atoms with Gasteiger partial charge in [0.05, 0.1) is 0 Å². The summed E-state index contributed by atoms with van der Waals surface area (Å²) < 4.78 is 14.7. The van der Waals surface area contributed by atoms with Crippen LogP contribution in [0.15, 0.2) is 22.7 Å². The molecule has 0 amide bonds. The molecule has 0 heterocycles. The molecule has 0 aliphatic heterocycles. The van der Waals surface area contributed by atoms with Crippen LogP contribution in [0.5, 0.6) is 0 Å². The number of halogens is 3. The Balaban J connectivity index is 2.03. The zero-order chi connectivity index (χ0) is 13.8. The number of rotatable bonds is 4. The fourth-order valence-electron chi connectivity index (χ4n) is 3.18. The smallest absolute Gasteiger partial charge is 0.127 e. The van der Waals surface area contributed by atoms with Crippen LogP contribution in [0.4, 0.5) is 4.39 Å². The van der Waals surface area contributed by atoms with E-state index in [1.807, 2.05) is 12.1 Å². The Morgan fingerprint density at radius 3 is 2.84 bits per heavy atom. The second kappa shape index (κ2) is 7.08. The maximum Gasteiger partial charge on any atom is 0.127 e. The molecule has 0 aromatic heterocycles. The average molecular weight is 348 g/mol. The Morgan fingerprint density at radius 2 is 2.16 bits per heavy atom. The van der Waals surface area contributed by atoms with Gasteiger partial charge < -0.3 is 0 Å². The monoisotopic (exact) mass is 346 g/mol. The van der Waals surface area contributed by atoms with Gasteiger partial charge in [0.2, 0.25) is 0 Å². The molecule has 3 heteroatoms. The van der Waals surface area contributed by atoms with E-state index in [9.17, 15) is 4.39 Å². The largest absolute Gasteiger partial charge is 0.207 e. The van der Waals surface area contributed by atoms with Gasteiger partial charge in [-0.05, 0) is 55.2 Å². The lowest BCUT2D eigenvalue weighted by atomic mass is 9.76. The first kappa shape index (κ1) is 15.3. The van der Waals surface area contributed by atoms with Gasteiger partial charge >= 0.3 is 0 Å². The molecule has 1 aliphatic rings. The van der Waals surface area contributed by atoms with Gasteiger partial charge in [-0.2, -0.15) is 0 Å². The molecule has 19 heavy (non-hydrogen) atoms. The van der Waals surface area contributed by atoms with Gasteiger partial charge in [0.15, 0.2) is 0 Å². The maximum atomic E-state index is 13.9. The van der Waals surface area contributed by atoms with Crippen molar-refractivity contribution in [2.75, 3.05) is 0 Å². The minimum absolute atomic E-state index is 0.115. The van der Waals surface area contributed by atoms with Gasteiger partial charge in [-0.25, -0.2) is 4.39 Å². The molecule has 106 valence electrons.